The highest BCUT2D eigenvalue weighted by atomic mass is 35.5. The topological polar surface area (TPSA) is 74.5 Å². The van der Waals surface area contributed by atoms with Crippen LogP contribution in [0.1, 0.15) is 41.0 Å². The molecule has 1 amide bonds. The predicted octanol–water partition coefficient (Wildman–Crippen LogP) is 6.13. The van der Waals surface area contributed by atoms with Crippen molar-refractivity contribution in [3.05, 3.63) is 105 Å². The molecule has 2 aliphatic heterocycles. The van der Waals surface area contributed by atoms with E-state index in [9.17, 15) is 4.79 Å². The Morgan fingerprint density at radius 2 is 1.80 bits per heavy atom. The van der Waals surface area contributed by atoms with Gasteiger partial charge >= 0.3 is 0 Å². The normalized spacial score (nSPS) is 17.8. The van der Waals surface area contributed by atoms with Gasteiger partial charge in [-0.25, -0.2) is 0 Å². The van der Waals surface area contributed by atoms with Crippen LogP contribution in [0, 0.1) is 5.92 Å². The Morgan fingerprint density at radius 3 is 2.68 bits per heavy atom. The second-order valence-electron chi connectivity index (χ2n) is 11.0. The van der Waals surface area contributed by atoms with E-state index >= 15 is 0 Å². The number of hydrogen-bond acceptors (Lipinski definition) is 6. The lowest BCUT2D eigenvalue weighted by Crippen LogP contribution is -2.42. The van der Waals surface area contributed by atoms with Crippen LogP contribution in [0.4, 0.5) is 0 Å². The van der Waals surface area contributed by atoms with E-state index in [4.69, 9.17) is 27.7 Å². The smallest absolute Gasteiger partial charge is 0.241 e. The average Bonchev–Trinajstić information content (AvgIpc) is 3.44. The van der Waals surface area contributed by atoms with Crippen LogP contribution in [-0.2, 0) is 37.4 Å². The van der Waals surface area contributed by atoms with Crippen LogP contribution in [-0.4, -0.2) is 45.5 Å². The zero-order chi connectivity index (χ0) is 28.2. The summed E-state index contributed by atoms with van der Waals surface area (Å²) in [6, 6.07) is 22.5. The molecule has 1 unspecified atom stereocenters. The molecule has 0 saturated carbocycles. The fourth-order valence-corrected chi connectivity index (χ4v) is 6.32. The van der Waals surface area contributed by atoms with Crippen molar-refractivity contribution in [2.45, 2.75) is 45.4 Å². The molecule has 6 rings (SSSR count). The van der Waals surface area contributed by atoms with Crippen LogP contribution in [0.15, 0.2) is 71.3 Å². The first-order valence-corrected chi connectivity index (χ1v) is 14.9. The van der Waals surface area contributed by atoms with E-state index in [1.54, 1.807) is 18.2 Å². The maximum atomic E-state index is 13.1. The minimum atomic E-state index is -0.0755. The Morgan fingerprint density at radius 1 is 0.951 bits per heavy atom. The number of benzene rings is 3. The van der Waals surface area contributed by atoms with Gasteiger partial charge in [-0.2, -0.15) is 4.98 Å². The average molecular weight is 591 g/mol. The van der Waals surface area contributed by atoms with Gasteiger partial charge in [0.05, 0.1) is 17.5 Å². The molecule has 1 fully saturated rings. The summed E-state index contributed by atoms with van der Waals surface area (Å²) in [7, 11) is 0. The summed E-state index contributed by atoms with van der Waals surface area (Å²) in [6.45, 7) is 5.51. The maximum absolute atomic E-state index is 13.1. The molecule has 1 N–H and O–H groups in total. The number of halogens is 2. The molecule has 0 spiro atoms. The predicted molar refractivity (Wildman–Crippen MR) is 160 cm³/mol. The zero-order valence-corrected chi connectivity index (χ0v) is 24.4. The van der Waals surface area contributed by atoms with Crippen molar-refractivity contribution in [2.24, 2.45) is 5.92 Å². The number of nitrogens with zero attached hydrogens (tertiary/aromatic N) is 4. The third-order valence-corrected chi connectivity index (χ3v) is 8.50. The fraction of sp³-hybridized carbons (Fsp3) is 0.344. The first kappa shape index (κ1) is 27.9. The third-order valence-electron chi connectivity index (χ3n) is 7.95. The number of likely N-dealkylation sites (tertiary alicyclic amines) is 1. The Balaban J connectivity index is 1.000. The van der Waals surface area contributed by atoms with Crippen molar-refractivity contribution < 1.29 is 9.32 Å². The summed E-state index contributed by atoms with van der Waals surface area (Å²) in [5.74, 6) is 0.946. The molecule has 7 nitrogen and oxygen atoms in total. The highest BCUT2D eigenvalue weighted by Crippen LogP contribution is 2.29. The molecule has 212 valence electrons. The Labute approximate surface area is 250 Å². The van der Waals surface area contributed by atoms with E-state index in [1.807, 2.05) is 0 Å². The van der Waals surface area contributed by atoms with Crippen molar-refractivity contribution in [3.63, 3.8) is 0 Å². The van der Waals surface area contributed by atoms with Crippen molar-refractivity contribution in [1.82, 2.24) is 25.3 Å². The maximum Gasteiger partial charge on any atom is 0.241 e. The number of aromatic nitrogens is 2. The molecular formula is C32H33Cl2N5O2. The molecule has 1 aromatic heterocycles. The van der Waals surface area contributed by atoms with Crippen molar-refractivity contribution in [2.75, 3.05) is 19.6 Å². The summed E-state index contributed by atoms with van der Waals surface area (Å²) in [5.41, 5.74) is 5.96. The van der Waals surface area contributed by atoms with Gasteiger partial charge in [-0.15, -0.1) is 0 Å². The second-order valence-corrected chi connectivity index (χ2v) is 11.8. The van der Waals surface area contributed by atoms with Gasteiger partial charge in [0.1, 0.15) is 0 Å². The Kier molecular flexibility index (Phi) is 8.67. The lowest BCUT2D eigenvalue weighted by Gasteiger charge is -2.31. The van der Waals surface area contributed by atoms with Gasteiger partial charge in [0.15, 0.2) is 0 Å². The van der Waals surface area contributed by atoms with Gasteiger partial charge in [-0.05, 0) is 66.3 Å². The molecule has 0 radical (unpaired) electrons. The number of carbonyl (C=O) groups is 1. The van der Waals surface area contributed by atoms with Gasteiger partial charge < -0.3 is 9.84 Å². The number of carbonyl (C=O) groups excluding carboxylic acids is 1. The van der Waals surface area contributed by atoms with Crippen LogP contribution in [0.5, 0.6) is 0 Å². The Hall–Kier alpha value is -3.23. The molecule has 3 heterocycles. The molecule has 3 aromatic carbocycles. The quantitative estimate of drug-likeness (QED) is 0.266. The van der Waals surface area contributed by atoms with Crippen molar-refractivity contribution >= 4 is 29.1 Å². The van der Waals surface area contributed by atoms with E-state index in [0.717, 1.165) is 51.0 Å². The molecule has 1 saturated heterocycles. The van der Waals surface area contributed by atoms with Crippen LogP contribution in [0.3, 0.4) is 0 Å². The minimum Gasteiger partial charge on any atom is -0.352 e. The first-order chi connectivity index (χ1) is 20.0. The van der Waals surface area contributed by atoms with E-state index in [1.165, 1.54) is 16.7 Å². The standard InChI is InChI=1S/C32H33Cl2N5O2/c33-27-10-11-28(29(34)16-27)31-36-30(41-37-31)21-38-13-4-9-26(20-38)32(40)35-17-22-5-3-6-23(15-22)18-39-14-12-24-7-1-2-8-25(24)19-39/h1-3,5-8,10-11,15-16,26H,4,9,12-14,17-21H2,(H,35,40). The summed E-state index contributed by atoms with van der Waals surface area (Å²) < 4.78 is 5.49. The van der Waals surface area contributed by atoms with Crippen molar-refractivity contribution in [1.29, 1.82) is 0 Å². The molecule has 0 bridgehead atoms. The molecular weight excluding hydrogens is 557 g/mol. The van der Waals surface area contributed by atoms with Crippen molar-refractivity contribution in [3.8, 4) is 11.4 Å². The second kappa shape index (κ2) is 12.7. The van der Waals surface area contributed by atoms with Crippen LogP contribution >= 0.6 is 23.2 Å². The Bertz CT molecular complexity index is 1520. The lowest BCUT2D eigenvalue weighted by atomic mass is 9.97. The summed E-state index contributed by atoms with van der Waals surface area (Å²) in [4.78, 5) is 22.3. The molecule has 0 aliphatic carbocycles. The first-order valence-electron chi connectivity index (χ1n) is 14.2. The summed E-state index contributed by atoms with van der Waals surface area (Å²) in [5, 5.41) is 8.30. The molecule has 2 aliphatic rings. The highest BCUT2D eigenvalue weighted by Gasteiger charge is 2.27. The van der Waals surface area contributed by atoms with E-state index in [-0.39, 0.29) is 11.8 Å². The summed E-state index contributed by atoms with van der Waals surface area (Å²) >= 11 is 12.3. The third kappa shape index (κ3) is 6.99. The molecule has 41 heavy (non-hydrogen) atoms. The summed E-state index contributed by atoms with van der Waals surface area (Å²) in [6.07, 6.45) is 2.90. The zero-order valence-electron chi connectivity index (χ0n) is 22.9. The molecule has 4 aromatic rings. The lowest BCUT2D eigenvalue weighted by molar-refractivity contribution is -0.127. The number of nitrogens with one attached hydrogen (secondary N) is 1. The fourth-order valence-electron chi connectivity index (χ4n) is 5.82. The van der Waals surface area contributed by atoms with Gasteiger partial charge in [-0.3, -0.25) is 14.6 Å². The van der Waals surface area contributed by atoms with E-state index < -0.39 is 0 Å². The van der Waals surface area contributed by atoms with Gasteiger partial charge in [0.25, 0.3) is 0 Å². The number of amides is 1. The SMILES string of the molecule is O=C(NCc1cccc(CN2CCc3ccccc3C2)c1)C1CCCN(Cc2nc(-c3ccc(Cl)cc3Cl)no2)C1. The van der Waals surface area contributed by atoms with Crippen LogP contribution in [0.2, 0.25) is 10.0 Å². The number of hydrogen-bond donors (Lipinski definition) is 1. The van der Waals surface area contributed by atoms with Crippen LogP contribution < -0.4 is 5.32 Å². The molecule has 1 atom stereocenters. The number of rotatable bonds is 8. The monoisotopic (exact) mass is 589 g/mol. The largest absolute Gasteiger partial charge is 0.352 e. The number of fused-ring (bicyclic) bond motifs is 1. The molecule has 9 heteroatoms. The van der Waals surface area contributed by atoms with Crippen LogP contribution in [0.25, 0.3) is 11.4 Å². The van der Waals surface area contributed by atoms with Gasteiger partial charge in [0, 0.05) is 43.3 Å². The van der Waals surface area contributed by atoms with Gasteiger partial charge in [-0.1, -0.05) is 76.9 Å². The highest BCUT2D eigenvalue weighted by molar-refractivity contribution is 6.36. The van der Waals surface area contributed by atoms with E-state index in [0.29, 0.717) is 47.0 Å². The van der Waals surface area contributed by atoms with Gasteiger partial charge in [0.2, 0.25) is 17.6 Å². The minimum absolute atomic E-state index is 0.0755. The van der Waals surface area contributed by atoms with E-state index in [2.05, 4.69) is 73.8 Å². The number of piperidine rings is 1.